The van der Waals surface area contributed by atoms with Gasteiger partial charge in [-0.05, 0) is 28.1 Å². The molecule has 0 unspecified atom stereocenters. The quantitative estimate of drug-likeness (QED) is 0.913. The van der Waals surface area contributed by atoms with Gasteiger partial charge in [0.25, 0.3) is 0 Å². The summed E-state index contributed by atoms with van der Waals surface area (Å²) in [7, 11) is 0. The lowest BCUT2D eigenvalue weighted by molar-refractivity contribution is 0.0652. The van der Waals surface area contributed by atoms with E-state index in [-0.39, 0.29) is 5.76 Å². The van der Waals surface area contributed by atoms with Gasteiger partial charge in [0.15, 0.2) is 11.5 Å². The summed E-state index contributed by atoms with van der Waals surface area (Å²) in [4.78, 5) is 10.8. The van der Waals surface area contributed by atoms with E-state index in [0.717, 1.165) is 4.47 Å². The maximum atomic E-state index is 10.8. The molecule has 2 heterocycles. The van der Waals surface area contributed by atoms with Crippen LogP contribution in [0.1, 0.15) is 10.6 Å². The molecular weight excluding hydrogens is 318 g/mol. The Balaban J connectivity index is 2.05. The van der Waals surface area contributed by atoms with Gasteiger partial charge in [0, 0.05) is 11.6 Å². The summed E-state index contributed by atoms with van der Waals surface area (Å²) in [6.07, 6.45) is 0. The third-order valence-electron chi connectivity index (χ3n) is 2.61. The van der Waals surface area contributed by atoms with E-state index in [1.807, 2.05) is 0 Å². The van der Waals surface area contributed by atoms with Gasteiger partial charge in [-0.3, -0.25) is 0 Å². The lowest BCUT2D eigenvalue weighted by Gasteiger charge is -2.20. The first-order valence-corrected chi connectivity index (χ1v) is 6.24. The number of carbonyl (C=O) groups is 1. The second-order valence-electron chi connectivity index (χ2n) is 3.86. The van der Waals surface area contributed by atoms with Crippen LogP contribution in [0.3, 0.4) is 0 Å². The molecule has 0 saturated carbocycles. The fourth-order valence-corrected chi connectivity index (χ4v) is 2.33. The van der Waals surface area contributed by atoms with Crippen molar-refractivity contribution in [3.63, 3.8) is 0 Å². The average molecular weight is 326 g/mol. The largest absolute Gasteiger partial charge is 0.486 e. The predicted molar refractivity (Wildman–Crippen MR) is 67.6 cm³/mol. The van der Waals surface area contributed by atoms with Crippen molar-refractivity contribution < 1.29 is 23.9 Å². The zero-order valence-corrected chi connectivity index (χ0v) is 11.1. The van der Waals surface area contributed by atoms with Crippen molar-refractivity contribution in [1.82, 2.24) is 5.16 Å². The topological polar surface area (TPSA) is 81.8 Å². The molecule has 0 spiro atoms. The lowest BCUT2D eigenvalue weighted by atomic mass is 10.1. The summed E-state index contributed by atoms with van der Waals surface area (Å²) in [5, 5.41) is 12.5. The van der Waals surface area contributed by atoms with Gasteiger partial charge < -0.3 is 19.1 Å². The number of benzene rings is 1. The lowest BCUT2D eigenvalue weighted by Crippen LogP contribution is -2.15. The molecule has 7 heteroatoms. The van der Waals surface area contributed by atoms with E-state index in [1.54, 1.807) is 12.1 Å². The van der Waals surface area contributed by atoms with Crippen LogP contribution in [0.5, 0.6) is 11.5 Å². The number of aromatic nitrogens is 1. The zero-order valence-electron chi connectivity index (χ0n) is 9.55. The first-order valence-electron chi connectivity index (χ1n) is 5.44. The fourth-order valence-electron chi connectivity index (χ4n) is 1.77. The highest BCUT2D eigenvalue weighted by molar-refractivity contribution is 9.10. The number of carboxylic acid groups (broad SMARTS) is 1. The summed E-state index contributed by atoms with van der Waals surface area (Å²) in [6.45, 7) is 0.972. The van der Waals surface area contributed by atoms with Crippen LogP contribution >= 0.6 is 15.9 Å². The summed E-state index contributed by atoms with van der Waals surface area (Å²) < 4.78 is 16.4. The molecular formula is C12H8BrNO5. The van der Waals surface area contributed by atoms with Crippen LogP contribution in [0.15, 0.2) is 27.2 Å². The molecule has 0 bridgehead atoms. The Bertz CT molecular complexity index is 652. The predicted octanol–water partition coefficient (Wildman–Crippen LogP) is 2.57. The van der Waals surface area contributed by atoms with Crippen LogP contribution in [-0.4, -0.2) is 29.4 Å². The summed E-state index contributed by atoms with van der Waals surface area (Å²) >= 11 is 3.39. The van der Waals surface area contributed by atoms with E-state index < -0.39 is 5.97 Å². The number of hydrogen-bond acceptors (Lipinski definition) is 5. The van der Waals surface area contributed by atoms with Gasteiger partial charge in [-0.2, -0.15) is 0 Å². The van der Waals surface area contributed by atoms with Crippen molar-refractivity contribution in [3.05, 3.63) is 28.4 Å². The Hall–Kier alpha value is -2.02. The molecule has 0 amide bonds. The van der Waals surface area contributed by atoms with Crippen molar-refractivity contribution >= 4 is 21.9 Å². The Morgan fingerprint density at radius 1 is 1.26 bits per heavy atom. The molecule has 0 saturated heterocycles. The number of carboxylic acids is 1. The van der Waals surface area contributed by atoms with Gasteiger partial charge in [-0.1, -0.05) is 5.16 Å². The normalized spacial score (nSPS) is 13.3. The third kappa shape index (κ3) is 2.17. The highest BCUT2D eigenvalue weighted by Crippen LogP contribution is 2.41. The number of halogens is 1. The van der Waals surface area contributed by atoms with E-state index in [2.05, 4.69) is 21.1 Å². The maximum Gasteiger partial charge on any atom is 0.374 e. The van der Waals surface area contributed by atoms with Crippen molar-refractivity contribution in [2.45, 2.75) is 0 Å². The molecule has 0 atom stereocenters. The number of aromatic carboxylic acids is 1. The Morgan fingerprint density at radius 3 is 2.79 bits per heavy atom. The molecule has 0 radical (unpaired) electrons. The van der Waals surface area contributed by atoms with E-state index in [1.165, 1.54) is 6.07 Å². The maximum absolute atomic E-state index is 10.8. The molecule has 1 aromatic heterocycles. The van der Waals surface area contributed by atoms with Crippen LogP contribution in [0.4, 0.5) is 0 Å². The molecule has 0 fully saturated rings. The molecule has 98 valence electrons. The molecule has 0 aliphatic carbocycles. The monoisotopic (exact) mass is 325 g/mol. The van der Waals surface area contributed by atoms with Gasteiger partial charge in [-0.15, -0.1) is 0 Å². The summed E-state index contributed by atoms with van der Waals surface area (Å²) in [6, 6.07) is 4.87. The van der Waals surface area contributed by atoms with Crippen molar-refractivity contribution in [2.75, 3.05) is 13.2 Å². The van der Waals surface area contributed by atoms with Crippen molar-refractivity contribution in [1.29, 1.82) is 0 Å². The number of rotatable bonds is 2. The SMILES string of the molecule is O=C(O)c1cc(-c2cc(Br)c3c(c2)OCCO3)no1. The van der Waals surface area contributed by atoms with Crippen LogP contribution in [-0.2, 0) is 0 Å². The number of hydrogen-bond donors (Lipinski definition) is 1. The van der Waals surface area contributed by atoms with Gasteiger partial charge in [-0.25, -0.2) is 4.79 Å². The first-order chi connectivity index (χ1) is 9.15. The Kier molecular flexibility index (Phi) is 2.90. The molecule has 1 aliphatic rings. The minimum atomic E-state index is -1.16. The molecule has 19 heavy (non-hydrogen) atoms. The number of nitrogens with zero attached hydrogens (tertiary/aromatic N) is 1. The summed E-state index contributed by atoms with van der Waals surface area (Å²) in [5.74, 6) is -0.135. The molecule has 1 aromatic carbocycles. The molecule has 6 nitrogen and oxygen atoms in total. The van der Waals surface area contributed by atoms with Crippen LogP contribution < -0.4 is 9.47 Å². The highest BCUT2D eigenvalue weighted by Gasteiger charge is 2.19. The second-order valence-corrected chi connectivity index (χ2v) is 4.72. The zero-order chi connectivity index (χ0) is 13.4. The van der Waals surface area contributed by atoms with E-state index in [9.17, 15) is 4.79 Å². The van der Waals surface area contributed by atoms with Gasteiger partial charge >= 0.3 is 5.97 Å². The smallest absolute Gasteiger partial charge is 0.374 e. The van der Waals surface area contributed by atoms with Crippen LogP contribution in [0.25, 0.3) is 11.3 Å². The first kappa shape index (κ1) is 12.0. The Morgan fingerprint density at radius 2 is 2.05 bits per heavy atom. The van der Waals surface area contributed by atoms with Crippen LogP contribution in [0.2, 0.25) is 0 Å². The third-order valence-corrected chi connectivity index (χ3v) is 3.20. The van der Waals surface area contributed by atoms with Gasteiger partial charge in [0.1, 0.15) is 18.9 Å². The second kappa shape index (κ2) is 4.58. The number of ether oxygens (including phenoxy) is 2. The van der Waals surface area contributed by atoms with Crippen molar-refractivity contribution in [3.8, 4) is 22.8 Å². The van der Waals surface area contributed by atoms with E-state index in [4.69, 9.17) is 19.1 Å². The highest BCUT2D eigenvalue weighted by atomic mass is 79.9. The molecule has 1 N–H and O–H groups in total. The number of fused-ring (bicyclic) bond motifs is 1. The standard InChI is InChI=1S/C12H8BrNO5/c13-7-3-6(4-9-11(7)18-2-1-17-9)8-5-10(12(15)16)19-14-8/h3-5H,1-2H2,(H,15,16). The van der Waals surface area contributed by atoms with E-state index >= 15 is 0 Å². The molecule has 3 rings (SSSR count). The summed E-state index contributed by atoms with van der Waals surface area (Å²) in [5.41, 5.74) is 1.11. The van der Waals surface area contributed by atoms with E-state index in [0.29, 0.717) is 36.0 Å². The van der Waals surface area contributed by atoms with Gasteiger partial charge in [0.2, 0.25) is 5.76 Å². The molecule has 1 aliphatic heterocycles. The minimum Gasteiger partial charge on any atom is -0.486 e. The van der Waals surface area contributed by atoms with Crippen molar-refractivity contribution in [2.24, 2.45) is 0 Å². The van der Waals surface area contributed by atoms with Gasteiger partial charge in [0.05, 0.1) is 4.47 Å². The fraction of sp³-hybridized carbons (Fsp3) is 0.167. The Labute approximate surface area is 116 Å². The minimum absolute atomic E-state index is 0.207. The van der Waals surface area contributed by atoms with Crippen LogP contribution in [0, 0.1) is 0 Å². The molecule has 2 aromatic rings. The average Bonchev–Trinajstić information content (AvgIpc) is 2.88.